The van der Waals surface area contributed by atoms with Crippen molar-refractivity contribution < 1.29 is 14.2 Å². The Bertz CT molecular complexity index is 1010. The Morgan fingerprint density at radius 3 is 2.41 bits per heavy atom. The highest BCUT2D eigenvalue weighted by molar-refractivity contribution is 8.01. The van der Waals surface area contributed by atoms with Crippen molar-refractivity contribution in [3.8, 4) is 28.5 Å². The maximum Gasteiger partial charge on any atom is 0.163 e. The lowest BCUT2D eigenvalue weighted by Crippen LogP contribution is -1.99. The quantitative estimate of drug-likeness (QED) is 0.600. The van der Waals surface area contributed by atoms with E-state index >= 15 is 0 Å². The lowest BCUT2D eigenvalue weighted by molar-refractivity contribution is 0.353. The number of fused-ring (bicyclic) bond motifs is 1. The van der Waals surface area contributed by atoms with Crippen molar-refractivity contribution in [2.75, 3.05) is 21.3 Å². The summed E-state index contributed by atoms with van der Waals surface area (Å²) in [5.74, 6) is 2.35. The molecule has 6 heteroatoms. The van der Waals surface area contributed by atoms with Crippen LogP contribution in [0.1, 0.15) is 25.3 Å². The fourth-order valence-corrected chi connectivity index (χ4v) is 4.52. The second kappa shape index (κ2) is 6.68. The monoisotopic (exact) mass is 384 g/mol. The van der Waals surface area contributed by atoms with E-state index in [2.05, 4.69) is 28.6 Å². The van der Waals surface area contributed by atoms with Crippen LogP contribution in [-0.2, 0) is 0 Å². The van der Waals surface area contributed by atoms with Gasteiger partial charge in [0, 0.05) is 22.6 Å². The highest BCUT2D eigenvalue weighted by Crippen LogP contribution is 2.53. The van der Waals surface area contributed by atoms with E-state index in [0.29, 0.717) is 4.75 Å². The molecule has 4 rings (SSSR count). The van der Waals surface area contributed by atoms with Crippen molar-refractivity contribution in [1.29, 1.82) is 0 Å². The first-order valence-electron chi connectivity index (χ1n) is 8.95. The van der Waals surface area contributed by atoms with Crippen LogP contribution in [0.4, 0.5) is 0 Å². The molecule has 0 N–H and O–H groups in total. The van der Waals surface area contributed by atoms with Gasteiger partial charge in [-0.25, -0.2) is 4.98 Å². The van der Waals surface area contributed by atoms with Crippen molar-refractivity contribution in [1.82, 2.24) is 9.38 Å². The number of methoxy groups -OCH3 is 3. The zero-order valence-corrected chi connectivity index (χ0v) is 17.1. The summed E-state index contributed by atoms with van der Waals surface area (Å²) in [5, 5.41) is 0. The van der Waals surface area contributed by atoms with E-state index in [1.165, 1.54) is 12.8 Å². The molecular weight excluding hydrogens is 360 g/mol. The number of hydrogen-bond acceptors (Lipinski definition) is 5. The Morgan fingerprint density at radius 1 is 1.04 bits per heavy atom. The fourth-order valence-electron chi connectivity index (χ4n) is 3.28. The van der Waals surface area contributed by atoms with Gasteiger partial charge in [-0.05, 0) is 37.5 Å². The number of benzene rings is 1. The van der Waals surface area contributed by atoms with Crippen LogP contribution in [0.2, 0.25) is 0 Å². The summed E-state index contributed by atoms with van der Waals surface area (Å²) in [4.78, 5) is 5.73. The lowest BCUT2D eigenvalue weighted by Gasteiger charge is -2.15. The number of aryl methyl sites for hydroxylation is 1. The van der Waals surface area contributed by atoms with Crippen molar-refractivity contribution in [3.63, 3.8) is 0 Å². The molecule has 0 saturated heterocycles. The van der Waals surface area contributed by atoms with Crippen LogP contribution in [-0.4, -0.2) is 35.5 Å². The van der Waals surface area contributed by atoms with Crippen molar-refractivity contribution in [2.24, 2.45) is 0 Å². The summed E-state index contributed by atoms with van der Waals surface area (Å²) < 4.78 is 19.1. The van der Waals surface area contributed by atoms with Gasteiger partial charge in [0.2, 0.25) is 0 Å². The molecule has 1 aromatic carbocycles. The Labute approximate surface area is 163 Å². The van der Waals surface area contributed by atoms with Gasteiger partial charge < -0.3 is 14.2 Å². The second-order valence-electron chi connectivity index (χ2n) is 7.16. The van der Waals surface area contributed by atoms with Crippen LogP contribution < -0.4 is 14.2 Å². The molecule has 2 heterocycles. The third-order valence-electron chi connectivity index (χ3n) is 5.07. The summed E-state index contributed by atoms with van der Waals surface area (Å²) in [6, 6.07) is 6.10. The van der Waals surface area contributed by atoms with Crippen LogP contribution in [0.25, 0.3) is 16.9 Å². The van der Waals surface area contributed by atoms with Crippen molar-refractivity contribution in [3.05, 3.63) is 36.2 Å². The molecule has 2 aromatic heterocycles. The molecule has 1 fully saturated rings. The Balaban J connectivity index is 1.85. The number of aromatic nitrogens is 2. The van der Waals surface area contributed by atoms with Gasteiger partial charge in [0.05, 0.1) is 38.1 Å². The van der Waals surface area contributed by atoms with E-state index in [-0.39, 0.29) is 0 Å². The van der Waals surface area contributed by atoms with E-state index in [0.717, 1.165) is 44.6 Å². The van der Waals surface area contributed by atoms with E-state index in [1.807, 2.05) is 37.0 Å². The molecule has 5 nitrogen and oxygen atoms in total. The van der Waals surface area contributed by atoms with Crippen molar-refractivity contribution in [2.45, 2.75) is 36.3 Å². The summed E-state index contributed by atoms with van der Waals surface area (Å²) in [6.45, 7) is 4.32. The molecule has 0 aliphatic heterocycles. The number of pyridine rings is 1. The van der Waals surface area contributed by atoms with Gasteiger partial charge in [0.1, 0.15) is 11.4 Å². The van der Waals surface area contributed by atoms with E-state index in [1.54, 1.807) is 21.3 Å². The fraction of sp³-hybridized carbons (Fsp3) is 0.381. The van der Waals surface area contributed by atoms with Crippen LogP contribution in [0.15, 0.2) is 35.5 Å². The first kappa shape index (κ1) is 18.0. The minimum absolute atomic E-state index is 0.321. The Kier molecular flexibility index (Phi) is 4.46. The summed E-state index contributed by atoms with van der Waals surface area (Å²) >= 11 is 1.88. The maximum absolute atomic E-state index is 5.62. The maximum atomic E-state index is 5.62. The van der Waals surface area contributed by atoms with Gasteiger partial charge >= 0.3 is 0 Å². The van der Waals surface area contributed by atoms with Gasteiger partial charge in [-0.15, -0.1) is 11.8 Å². The van der Waals surface area contributed by atoms with Crippen LogP contribution >= 0.6 is 11.8 Å². The molecule has 0 bridgehead atoms. The number of imidazole rings is 1. The molecule has 3 aromatic rings. The first-order chi connectivity index (χ1) is 13.0. The lowest BCUT2D eigenvalue weighted by atomic mass is 10.1. The minimum Gasteiger partial charge on any atom is -0.495 e. The van der Waals surface area contributed by atoms with Crippen LogP contribution in [0, 0.1) is 6.92 Å². The average molecular weight is 385 g/mol. The van der Waals surface area contributed by atoms with E-state index in [9.17, 15) is 0 Å². The van der Waals surface area contributed by atoms with E-state index < -0.39 is 0 Å². The van der Waals surface area contributed by atoms with Gasteiger partial charge in [-0.3, -0.25) is 4.40 Å². The molecule has 0 radical (unpaired) electrons. The highest BCUT2D eigenvalue weighted by Gasteiger charge is 2.39. The van der Waals surface area contributed by atoms with Crippen molar-refractivity contribution >= 4 is 17.4 Å². The summed E-state index contributed by atoms with van der Waals surface area (Å²) in [6.07, 6.45) is 6.51. The van der Waals surface area contributed by atoms with Gasteiger partial charge in [0.15, 0.2) is 11.5 Å². The number of rotatable bonds is 6. The molecule has 0 unspecified atom stereocenters. The number of ether oxygens (including phenoxy) is 3. The van der Waals surface area contributed by atoms with Crippen LogP contribution in [0.5, 0.6) is 17.2 Å². The smallest absolute Gasteiger partial charge is 0.163 e. The topological polar surface area (TPSA) is 45.0 Å². The molecule has 1 saturated carbocycles. The zero-order valence-electron chi connectivity index (χ0n) is 16.3. The molecule has 1 aliphatic carbocycles. The van der Waals surface area contributed by atoms with Gasteiger partial charge in [0.25, 0.3) is 0 Å². The Hall–Kier alpha value is -2.34. The Morgan fingerprint density at radius 2 is 1.78 bits per heavy atom. The third kappa shape index (κ3) is 3.23. The average Bonchev–Trinajstić information content (AvgIpc) is 3.24. The standard InChI is InChI=1S/C21H24N2O3S/c1-13-8-14(9-17(25-4)20(13)26-5)15-11-22-19-10-16(24-3)18(12-23(15)19)27-21(2)6-7-21/h8-12H,6-7H2,1-5H3. The molecule has 142 valence electrons. The molecule has 0 spiro atoms. The van der Waals surface area contributed by atoms with Gasteiger partial charge in [-0.2, -0.15) is 0 Å². The molecule has 27 heavy (non-hydrogen) atoms. The number of nitrogens with zero attached hydrogens (tertiary/aromatic N) is 2. The predicted octanol–water partition coefficient (Wildman–Crippen LogP) is 4.98. The zero-order chi connectivity index (χ0) is 19.2. The molecule has 0 atom stereocenters. The molecular formula is C21H24N2O3S. The highest BCUT2D eigenvalue weighted by atomic mass is 32.2. The minimum atomic E-state index is 0.321. The summed E-state index contributed by atoms with van der Waals surface area (Å²) in [7, 11) is 5.03. The van der Waals surface area contributed by atoms with E-state index in [4.69, 9.17) is 14.2 Å². The van der Waals surface area contributed by atoms with Crippen LogP contribution in [0.3, 0.4) is 0 Å². The normalized spacial score (nSPS) is 15.0. The number of hydrogen-bond donors (Lipinski definition) is 0. The first-order valence-corrected chi connectivity index (χ1v) is 9.77. The van der Waals surface area contributed by atoms with Gasteiger partial charge in [-0.1, -0.05) is 6.92 Å². The third-order valence-corrected chi connectivity index (χ3v) is 6.49. The second-order valence-corrected chi connectivity index (χ2v) is 8.79. The number of thioether (sulfide) groups is 1. The molecule has 0 amide bonds. The largest absolute Gasteiger partial charge is 0.495 e. The predicted molar refractivity (Wildman–Crippen MR) is 109 cm³/mol. The SMILES string of the molecule is COc1cc2ncc(-c3cc(C)c(OC)c(OC)c3)n2cc1SC1(C)CC1. The molecule has 1 aliphatic rings. The summed E-state index contributed by atoms with van der Waals surface area (Å²) in [5.41, 5.74) is 3.94.